The molecule has 1 fully saturated rings. The maximum Gasteiger partial charge on any atom is 0.238 e. The van der Waals surface area contributed by atoms with Crippen LogP contribution in [0.1, 0.15) is 5.56 Å². The predicted molar refractivity (Wildman–Crippen MR) is 79.7 cm³/mol. The number of hydrogen-bond donors (Lipinski definition) is 2. The molecular formula is C15H22FN3O2. The summed E-state index contributed by atoms with van der Waals surface area (Å²) in [6.07, 6.45) is -0.455. The molecule has 0 unspecified atom stereocenters. The van der Waals surface area contributed by atoms with Gasteiger partial charge in [-0.3, -0.25) is 9.69 Å². The van der Waals surface area contributed by atoms with Gasteiger partial charge in [-0.25, -0.2) is 4.39 Å². The van der Waals surface area contributed by atoms with E-state index < -0.39 is 6.10 Å². The van der Waals surface area contributed by atoms with Crippen molar-refractivity contribution in [1.82, 2.24) is 9.80 Å². The van der Waals surface area contributed by atoms with Crippen LogP contribution in [0, 0.1) is 12.7 Å². The fraction of sp³-hybridized carbons (Fsp3) is 0.533. The lowest BCUT2D eigenvalue weighted by molar-refractivity contribution is -0.117. The van der Waals surface area contributed by atoms with Gasteiger partial charge >= 0.3 is 0 Å². The highest BCUT2D eigenvalue weighted by Crippen LogP contribution is 2.18. The molecule has 1 heterocycles. The van der Waals surface area contributed by atoms with Gasteiger partial charge in [0.1, 0.15) is 5.82 Å². The molecule has 0 aliphatic carbocycles. The molecule has 5 nitrogen and oxygen atoms in total. The lowest BCUT2D eigenvalue weighted by Crippen LogP contribution is -2.38. The molecule has 0 aromatic heterocycles. The lowest BCUT2D eigenvalue weighted by Gasteiger charge is -2.21. The molecule has 2 atom stereocenters. The molecule has 6 heteroatoms. The minimum Gasteiger partial charge on any atom is -0.390 e. The Balaban J connectivity index is 1.92. The highest BCUT2D eigenvalue weighted by atomic mass is 19.1. The van der Waals surface area contributed by atoms with Crippen LogP contribution in [0.2, 0.25) is 0 Å². The fourth-order valence-electron chi connectivity index (χ4n) is 2.62. The number of β-amino-alcohol motifs (C(OH)–C–C–N with tert-alkyl or cyclic N) is 1. The topological polar surface area (TPSA) is 55.8 Å². The first-order valence-electron chi connectivity index (χ1n) is 7.00. The number of hydrogen-bond acceptors (Lipinski definition) is 4. The van der Waals surface area contributed by atoms with E-state index in [0.717, 1.165) is 0 Å². The number of aliphatic hydroxyl groups is 1. The molecular weight excluding hydrogens is 273 g/mol. The van der Waals surface area contributed by atoms with E-state index in [2.05, 4.69) is 5.32 Å². The van der Waals surface area contributed by atoms with E-state index in [-0.39, 0.29) is 24.3 Å². The number of likely N-dealkylation sites (N-methyl/N-ethyl adjacent to an activating group) is 1. The number of aliphatic hydroxyl groups excluding tert-OH is 1. The molecule has 116 valence electrons. The van der Waals surface area contributed by atoms with E-state index in [9.17, 15) is 14.3 Å². The number of amides is 1. The molecule has 1 aliphatic rings. The van der Waals surface area contributed by atoms with Crippen LogP contribution in [0.5, 0.6) is 0 Å². The molecule has 21 heavy (non-hydrogen) atoms. The third-order valence-corrected chi connectivity index (χ3v) is 3.91. The summed E-state index contributed by atoms with van der Waals surface area (Å²) in [6, 6.07) is 4.65. The monoisotopic (exact) mass is 295 g/mol. The van der Waals surface area contributed by atoms with Crippen LogP contribution >= 0.6 is 0 Å². The van der Waals surface area contributed by atoms with Gasteiger partial charge in [-0.05, 0) is 33.2 Å². The van der Waals surface area contributed by atoms with Gasteiger partial charge in [-0.15, -0.1) is 0 Å². The van der Waals surface area contributed by atoms with Gasteiger partial charge in [-0.2, -0.15) is 0 Å². The number of anilines is 1. The van der Waals surface area contributed by atoms with E-state index in [1.165, 1.54) is 6.07 Å². The number of nitrogens with zero attached hydrogens (tertiary/aromatic N) is 2. The van der Waals surface area contributed by atoms with Crippen LogP contribution in [-0.4, -0.2) is 66.7 Å². The van der Waals surface area contributed by atoms with Crippen molar-refractivity contribution in [3.8, 4) is 0 Å². The first-order chi connectivity index (χ1) is 9.88. The Bertz CT molecular complexity index is 522. The van der Waals surface area contributed by atoms with Crippen LogP contribution in [0.4, 0.5) is 10.1 Å². The maximum atomic E-state index is 13.4. The molecule has 2 N–H and O–H groups in total. The summed E-state index contributed by atoms with van der Waals surface area (Å²) in [5.74, 6) is -0.535. The molecule has 1 amide bonds. The van der Waals surface area contributed by atoms with E-state index in [1.807, 2.05) is 23.9 Å². The minimum atomic E-state index is -0.455. The smallest absolute Gasteiger partial charge is 0.238 e. The number of rotatable bonds is 4. The molecule has 0 saturated carbocycles. The van der Waals surface area contributed by atoms with Gasteiger partial charge in [0.25, 0.3) is 0 Å². The first kappa shape index (κ1) is 15.9. The second-order valence-electron chi connectivity index (χ2n) is 5.75. The molecule has 0 radical (unpaired) electrons. The minimum absolute atomic E-state index is 0.0358. The Morgan fingerprint density at radius 3 is 2.81 bits per heavy atom. The maximum absolute atomic E-state index is 13.4. The van der Waals surface area contributed by atoms with Crippen molar-refractivity contribution in [1.29, 1.82) is 0 Å². The van der Waals surface area contributed by atoms with Crippen molar-refractivity contribution < 1.29 is 14.3 Å². The standard InChI is InChI=1S/C15H22FN3O2/c1-10-11(16)5-4-6-12(10)17-15(21)9-19-7-13(18(2)3)14(20)8-19/h4-6,13-14,20H,7-9H2,1-3H3,(H,17,21)/t13-,14-/m0/s1. The lowest BCUT2D eigenvalue weighted by atomic mass is 10.2. The second kappa shape index (κ2) is 6.51. The Kier molecular flexibility index (Phi) is 4.92. The molecule has 1 aromatic rings. The van der Waals surface area contributed by atoms with E-state index in [1.54, 1.807) is 19.1 Å². The van der Waals surface area contributed by atoms with Crippen molar-refractivity contribution in [3.05, 3.63) is 29.6 Å². The number of carbonyl (C=O) groups excluding carboxylic acids is 1. The van der Waals surface area contributed by atoms with Gasteiger partial charge in [0.2, 0.25) is 5.91 Å². The normalized spacial score (nSPS) is 22.8. The van der Waals surface area contributed by atoms with Gasteiger partial charge in [0, 0.05) is 30.4 Å². The summed E-state index contributed by atoms with van der Waals surface area (Å²) in [7, 11) is 3.82. The van der Waals surface area contributed by atoms with E-state index in [0.29, 0.717) is 24.3 Å². The van der Waals surface area contributed by atoms with Crippen molar-refractivity contribution in [2.24, 2.45) is 0 Å². The van der Waals surface area contributed by atoms with Crippen molar-refractivity contribution in [3.63, 3.8) is 0 Å². The Morgan fingerprint density at radius 1 is 1.48 bits per heavy atom. The van der Waals surface area contributed by atoms with E-state index in [4.69, 9.17) is 0 Å². The van der Waals surface area contributed by atoms with Crippen LogP contribution in [0.15, 0.2) is 18.2 Å². The second-order valence-corrected chi connectivity index (χ2v) is 5.75. The third kappa shape index (κ3) is 3.78. The highest BCUT2D eigenvalue weighted by molar-refractivity contribution is 5.93. The zero-order valence-corrected chi connectivity index (χ0v) is 12.6. The molecule has 0 spiro atoms. The number of likely N-dealkylation sites (tertiary alicyclic amines) is 1. The summed E-state index contributed by atoms with van der Waals surface area (Å²) in [5.41, 5.74) is 0.919. The largest absolute Gasteiger partial charge is 0.390 e. The Hall–Kier alpha value is -1.50. The fourth-order valence-corrected chi connectivity index (χ4v) is 2.62. The zero-order valence-electron chi connectivity index (χ0n) is 12.6. The Labute approximate surface area is 124 Å². The molecule has 1 aliphatic heterocycles. The van der Waals surface area contributed by atoms with Crippen LogP contribution in [-0.2, 0) is 4.79 Å². The third-order valence-electron chi connectivity index (χ3n) is 3.91. The van der Waals surface area contributed by atoms with Gasteiger partial charge in [0.05, 0.1) is 12.6 Å². The summed E-state index contributed by atoms with van der Waals surface area (Å²) >= 11 is 0. The van der Waals surface area contributed by atoms with Gasteiger partial charge in [0.15, 0.2) is 0 Å². The van der Waals surface area contributed by atoms with Crippen LogP contribution in [0.25, 0.3) is 0 Å². The van der Waals surface area contributed by atoms with Crippen molar-refractivity contribution >= 4 is 11.6 Å². The summed E-state index contributed by atoms with van der Waals surface area (Å²) in [4.78, 5) is 15.9. The van der Waals surface area contributed by atoms with Gasteiger partial charge in [-0.1, -0.05) is 6.07 Å². The summed E-state index contributed by atoms with van der Waals surface area (Å²) < 4.78 is 13.4. The quantitative estimate of drug-likeness (QED) is 0.858. The van der Waals surface area contributed by atoms with Crippen molar-refractivity contribution in [2.75, 3.05) is 39.0 Å². The number of nitrogens with one attached hydrogen (secondary N) is 1. The van der Waals surface area contributed by atoms with Crippen molar-refractivity contribution in [2.45, 2.75) is 19.1 Å². The summed E-state index contributed by atoms with van der Waals surface area (Å²) in [6.45, 7) is 2.94. The SMILES string of the molecule is Cc1c(F)cccc1NC(=O)CN1C[C@H](O)[C@@H](N(C)C)C1. The molecule has 2 rings (SSSR count). The zero-order chi connectivity index (χ0) is 15.6. The number of benzene rings is 1. The van der Waals surface area contributed by atoms with E-state index >= 15 is 0 Å². The Morgan fingerprint density at radius 2 is 2.19 bits per heavy atom. The highest BCUT2D eigenvalue weighted by Gasteiger charge is 2.33. The average Bonchev–Trinajstić information content (AvgIpc) is 2.76. The molecule has 0 bridgehead atoms. The van der Waals surface area contributed by atoms with Crippen LogP contribution < -0.4 is 5.32 Å². The average molecular weight is 295 g/mol. The number of halogens is 1. The number of carbonyl (C=O) groups is 1. The van der Waals surface area contributed by atoms with Crippen LogP contribution in [0.3, 0.4) is 0 Å². The molecule has 1 saturated heterocycles. The first-order valence-corrected chi connectivity index (χ1v) is 7.00. The predicted octanol–water partition coefficient (Wildman–Crippen LogP) is 0.679. The molecule has 1 aromatic carbocycles. The van der Waals surface area contributed by atoms with Gasteiger partial charge < -0.3 is 15.3 Å². The summed E-state index contributed by atoms with van der Waals surface area (Å²) in [5, 5.41) is 12.7.